The van der Waals surface area contributed by atoms with Gasteiger partial charge in [0, 0.05) is 26.2 Å². The summed E-state index contributed by atoms with van der Waals surface area (Å²) in [7, 11) is 0. The fourth-order valence-electron chi connectivity index (χ4n) is 5.87. The van der Waals surface area contributed by atoms with E-state index in [1.54, 1.807) is 16.4 Å². The summed E-state index contributed by atoms with van der Waals surface area (Å²) in [6.07, 6.45) is 0.950. The van der Waals surface area contributed by atoms with Crippen LogP contribution in [0.4, 0.5) is 24.5 Å². The van der Waals surface area contributed by atoms with Crippen molar-refractivity contribution in [2.24, 2.45) is 0 Å². The van der Waals surface area contributed by atoms with Crippen LogP contribution in [0.15, 0.2) is 41.7 Å². The first kappa shape index (κ1) is 33.1. The number of nitrogens with one attached hydrogen (secondary N) is 1. The number of halogens is 4. The largest absolute Gasteiger partial charge is 0.416 e. The van der Waals surface area contributed by atoms with Crippen LogP contribution >= 0.6 is 11.6 Å². The first-order chi connectivity index (χ1) is 23.0. The Balaban J connectivity index is 1.33. The number of piperazine rings is 1. The van der Waals surface area contributed by atoms with Crippen molar-refractivity contribution in [1.29, 1.82) is 0 Å². The molecule has 2 aliphatic rings. The zero-order valence-corrected chi connectivity index (χ0v) is 26.8. The summed E-state index contributed by atoms with van der Waals surface area (Å²) in [5, 5.41) is 10.9. The molecule has 1 fully saturated rings. The molecule has 254 valence electrons. The number of hydrogen-bond donors (Lipinski definition) is 1. The quantitative estimate of drug-likeness (QED) is 0.295. The standard InChI is InChI=1S/C30H32ClF3N10O4/c1-3-23-25(40-8-10-41(11-9-40)27(46)18(2)43-17-35-16-36-43)28(47)44-29(38-26(39-44)19-6-12-48-13-7-19)42(23)15-24(45)37-22-5-4-20(14-21(22)31)30(32,33)34/h4-6,14,16-18H,3,7-13,15H2,1-2H3,(H,37,45). The van der Waals surface area contributed by atoms with Crippen LogP contribution in [-0.2, 0) is 33.5 Å². The van der Waals surface area contributed by atoms with E-state index in [1.165, 1.54) is 21.9 Å². The number of benzene rings is 1. The molecule has 0 radical (unpaired) electrons. The highest BCUT2D eigenvalue weighted by molar-refractivity contribution is 6.33. The van der Waals surface area contributed by atoms with Crippen molar-refractivity contribution in [2.75, 3.05) is 49.6 Å². The Morgan fingerprint density at radius 2 is 1.94 bits per heavy atom. The van der Waals surface area contributed by atoms with E-state index in [9.17, 15) is 27.6 Å². The summed E-state index contributed by atoms with van der Waals surface area (Å²) in [5.41, 5.74) is 0.256. The van der Waals surface area contributed by atoms with Crippen molar-refractivity contribution in [3.8, 4) is 0 Å². The molecule has 48 heavy (non-hydrogen) atoms. The molecule has 5 heterocycles. The van der Waals surface area contributed by atoms with Gasteiger partial charge in [-0.1, -0.05) is 24.6 Å². The van der Waals surface area contributed by atoms with E-state index >= 15 is 0 Å². The van der Waals surface area contributed by atoms with E-state index in [-0.39, 0.29) is 28.9 Å². The molecule has 0 saturated carbocycles. The van der Waals surface area contributed by atoms with E-state index < -0.39 is 29.2 Å². The van der Waals surface area contributed by atoms with Crippen LogP contribution in [0.2, 0.25) is 5.02 Å². The van der Waals surface area contributed by atoms with E-state index in [0.29, 0.717) is 69.4 Å². The lowest BCUT2D eigenvalue weighted by Gasteiger charge is -2.37. The van der Waals surface area contributed by atoms with Gasteiger partial charge >= 0.3 is 6.18 Å². The molecule has 3 aromatic heterocycles. The first-order valence-electron chi connectivity index (χ1n) is 15.3. The molecule has 6 rings (SSSR count). The number of hydrogen-bond acceptors (Lipinski definition) is 9. The van der Waals surface area contributed by atoms with Gasteiger partial charge in [-0.05, 0) is 43.5 Å². The third kappa shape index (κ3) is 6.51. The predicted octanol–water partition coefficient (Wildman–Crippen LogP) is 3.07. The maximum atomic E-state index is 14.1. The molecule has 1 aromatic carbocycles. The van der Waals surface area contributed by atoms with Crippen molar-refractivity contribution in [2.45, 2.75) is 45.5 Å². The van der Waals surface area contributed by atoms with Gasteiger partial charge in [-0.25, -0.2) is 9.67 Å². The Morgan fingerprint density at radius 3 is 2.56 bits per heavy atom. The summed E-state index contributed by atoms with van der Waals surface area (Å²) in [5.74, 6) is -0.276. The van der Waals surface area contributed by atoms with Gasteiger partial charge in [0.05, 0.1) is 35.2 Å². The molecule has 1 N–H and O–H groups in total. The fraction of sp³-hybridized carbons (Fsp3) is 0.433. The average molecular weight is 689 g/mol. The van der Waals surface area contributed by atoms with Crippen LogP contribution in [0.5, 0.6) is 0 Å². The molecule has 18 heteroatoms. The van der Waals surface area contributed by atoms with Crippen molar-refractivity contribution in [3.63, 3.8) is 0 Å². The Morgan fingerprint density at radius 1 is 1.17 bits per heavy atom. The number of nitrogens with zero attached hydrogens (tertiary/aromatic N) is 9. The summed E-state index contributed by atoms with van der Waals surface area (Å²) < 4.78 is 49.1. The lowest BCUT2D eigenvalue weighted by Crippen LogP contribution is -2.52. The number of carbonyl (C=O) groups excluding carboxylic acids is 2. The summed E-state index contributed by atoms with van der Waals surface area (Å²) in [6, 6.07) is 2.11. The maximum absolute atomic E-state index is 14.1. The van der Waals surface area contributed by atoms with Gasteiger partial charge < -0.3 is 24.4 Å². The highest BCUT2D eigenvalue weighted by atomic mass is 35.5. The molecule has 1 unspecified atom stereocenters. The number of amides is 2. The van der Waals surface area contributed by atoms with Gasteiger partial charge in [0.15, 0.2) is 5.82 Å². The number of alkyl halides is 3. The number of ether oxygens (including phenoxy) is 1. The highest BCUT2D eigenvalue weighted by Crippen LogP contribution is 2.34. The predicted molar refractivity (Wildman–Crippen MR) is 169 cm³/mol. The Kier molecular flexibility index (Phi) is 9.24. The first-order valence-corrected chi connectivity index (χ1v) is 15.7. The zero-order chi connectivity index (χ0) is 34.2. The molecule has 4 aromatic rings. The molecule has 0 bridgehead atoms. The van der Waals surface area contributed by atoms with E-state index in [0.717, 1.165) is 23.8 Å². The van der Waals surface area contributed by atoms with Gasteiger partial charge in [-0.3, -0.25) is 14.4 Å². The van der Waals surface area contributed by atoms with Crippen molar-refractivity contribution in [3.05, 3.63) is 69.4 Å². The molecule has 1 saturated heterocycles. The van der Waals surface area contributed by atoms with Crippen LogP contribution in [0.1, 0.15) is 43.4 Å². The molecular weight excluding hydrogens is 657 g/mol. The van der Waals surface area contributed by atoms with E-state index in [4.69, 9.17) is 16.3 Å². The SMILES string of the molecule is CCc1c(N2CCN(C(=O)C(C)n3cncn3)CC2)c(=O)n2nc(C3=CCOCC3)nc2n1CC(=O)Nc1ccc(C(F)(F)F)cc1Cl. The topological polar surface area (TPSA) is 145 Å². The molecule has 2 amide bonds. The van der Waals surface area contributed by atoms with Crippen LogP contribution in [0.25, 0.3) is 11.4 Å². The molecule has 1 atom stereocenters. The van der Waals surface area contributed by atoms with Gasteiger partial charge in [0.1, 0.15) is 30.9 Å². The molecule has 2 aliphatic heterocycles. The maximum Gasteiger partial charge on any atom is 0.416 e. The van der Waals surface area contributed by atoms with Crippen molar-refractivity contribution < 1.29 is 27.5 Å². The van der Waals surface area contributed by atoms with Gasteiger partial charge in [0.25, 0.3) is 5.56 Å². The highest BCUT2D eigenvalue weighted by Gasteiger charge is 2.32. The third-order valence-electron chi connectivity index (χ3n) is 8.38. The minimum absolute atomic E-state index is 0.000399. The Bertz CT molecular complexity index is 1930. The monoisotopic (exact) mass is 688 g/mol. The second kappa shape index (κ2) is 13.4. The second-order valence-electron chi connectivity index (χ2n) is 11.3. The Labute approximate surface area is 276 Å². The Hall–Kier alpha value is -4.77. The number of anilines is 2. The number of carbonyl (C=O) groups is 2. The molecule has 0 spiro atoms. The van der Waals surface area contributed by atoms with Gasteiger partial charge in [-0.15, -0.1) is 5.10 Å². The van der Waals surface area contributed by atoms with Crippen LogP contribution in [-0.4, -0.2) is 90.0 Å². The number of fused-ring (bicyclic) bond motifs is 1. The molecule has 14 nitrogen and oxygen atoms in total. The van der Waals surface area contributed by atoms with Crippen molar-refractivity contribution in [1.82, 2.24) is 38.8 Å². The molecular formula is C30H32ClF3N10O4. The minimum Gasteiger partial charge on any atom is -0.377 e. The van der Waals surface area contributed by atoms with Gasteiger partial charge in [0.2, 0.25) is 17.6 Å². The van der Waals surface area contributed by atoms with Gasteiger partial charge in [-0.2, -0.15) is 27.8 Å². The third-order valence-corrected chi connectivity index (χ3v) is 8.69. The smallest absolute Gasteiger partial charge is 0.377 e. The minimum atomic E-state index is -4.60. The van der Waals surface area contributed by atoms with E-state index in [1.807, 2.05) is 17.9 Å². The van der Waals surface area contributed by atoms with Crippen molar-refractivity contribution >= 4 is 46.1 Å². The average Bonchev–Trinajstić information content (AvgIpc) is 3.78. The number of aromatic nitrogens is 7. The van der Waals surface area contributed by atoms with Crippen LogP contribution in [0.3, 0.4) is 0 Å². The summed E-state index contributed by atoms with van der Waals surface area (Å²) in [4.78, 5) is 52.9. The zero-order valence-electron chi connectivity index (χ0n) is 26.1. The van der Waals surface area contributed by atoms with Crippen LogP contribution < -0.4 is 15.8 Å². The second-order valence-corrected chi connectivity index (χ2v) is 11.8. The summed E-state index contributed by atoms with van der Waals surface area (Å²) >= 11 is 6.11. The number of rotatable bonds is 8. The van der Waals surface area contributed by atoms with E-state index in [2.05, 4.69) is 25.5 Å². The molecule has 0 aliphatic carbocycles. The lowest BCUT2D eigenvalue weighted by atomic mass is 10.1. The van der Waals surface area contributed by atoms with Crippen LogP contribution in [0, 0.1) is 0 Å². The summed E-state index contributed by atoms with van der Waals surface area (Å²) in [6.45, 7) is 5.41. The fourth-order valence-corrected chi connectivity index (χ4v) is 6.09. The normalized spacial score (nSPS) is 16.2. The lowest BCUT2D eigenvalue weighted by molar-refractivity contribution is -0.137.